The van der Waals surface area contributed by atoms with E-state index in [4.69, 9.17) is 4.74 Å². The number of ether oxygens (including phenoxy) is 1. The van der Waals surface area contributed by atoms with E-state index in [2.05, 4.69) is 48.7 Å². The number of esters is 1. The topological polar surface area (TPSA) is 26.3 Å². The van der Waals surface area contributed by atoms with Gasteiger partial charge in [-0.05, 0) is 48.1 Å². The third kappa shape index (κ3) is 3.10. The van der Waals surface area contributed by atoms with Crippen LogP contribution in [0.5, 0.6) is 0 Å². The van der Waals surface area contributed by atoms with Gasteiger partial charge in [0.1, 0.15) is 5.76 Å². The molecule has 0 atom stereocenters. The zero-order chi connectivity index (χ0) is 16.4. The Morgan fingerprint density at radius 1 is 1.04 bits per heavy atom. The summed E-state index contributed by atoms with van der Waals surface area (Å²) in [5, 5.41) is 0. The van der Waals surface area contributed by atoms with Gasteiger partial charge in [0.25, 0.3) is 0 Å². The van der Waals surface area contributed by atoms with Crippen LogP contribution in [0.3, 0.4) is 0 Å². The molecule has 2 aromatic rings. The standard InChI is InChI=1S/C20H18O2S/c1-13-17-6-4-5-7-18(17)19(20(13)22-14(2)21)12-15-8-10-16(23-3)11-9-15/h4-12H,1-3H3/b19-12-. The lowest BCUT2D eigenvalue weighted by molar-refractivity contribution is -0.136. The summed E-state index contributed by atoms with van der Waals surface area (Å²) in [7, 11) is 0. The normalized spacial score (nSPS) is 15.0. The van der Waals surface area contributed by atoms with E-state index in [-0.39, 0.29) is 5.97 Å². The van der Waals surface area contributed by atoms with Crippen LogP contribution in [0.2, 0.25) is 0 Å². The number of hydrogen-bond acceptors (Lipinski definition) is 3. The van der Waals surface area contributed by atoms with Crippen molar-refractivity contribution >= 4 is 35.0 Å². The Bertz CT molecular complexity index is 814. The molecule has 0 aromatic heterocycles. The second-order valence-corrected chi connectivity index (χ2v) is 6.30. The molecular formula is C20H18O2S. The van der Waals surface area contributed by atoms with E-state index in [1.807, 2.05) is 19.1 Å². The van der Waals surface area contributed by atoms with E-state index in [0.29, 0.717) is 5.76 Å². The first-order valence-electron chi connectivity index (χ1n) is 7.45. The number of thioether (sulfide) groups is 1. The molecule has 2 nitrogen and oxygen atoms in total. The summed E-state index contributed by atoms with van der Waals surface area (Å²) < 4.78 is 5.50. The summed E-state index contributed by atoms with van der Waals surface area (Å²) in [5.74, 6) is 0.364. The van der Waals surface area contributed by atoms with Crippen molar-refractivity contribution in [3.8, 4) is 0 Å². The van der Waals surface area contributed by atoms with Gasteiger partial charge in [0, 0.05) is 23.0 Å². The predicted molar refractivity (Wildman–Crippen MR) is 96.9 cm³/mol. The molecule has 0 fully saturated rings. The molecule has 3 rings (SSSR count). The minimum atomic E-state index is -0.296. The Morgan fingerprint density at radius 2 is 1.70 bits per heavy atom. The molecule has 23 heavy (non-hydrogen) atoms. The summed E-state index contributed by atoms with van der Waals surface area (Å²) in [6, 6.07) is 16.5. The summed E-state index contributed by atoms with van der Waals surface area (Å²) >= 11 is 1.72. The van der Waals surface area contributed by atoms with Crippen LogP contribution < -0.4 is 0 Å². The average molecular weight is 322 g/mol. The fraction of sp³-hybridized carbons (Fsp3) is 0.150. The Hall–Kier alpha value is -2.26. The van der Waals surface area contributed by atoms with Crippen LogP contribution in [0.1, 0.15) is 30.5 Å². The van der Waals surface area contributed by atoms with Crippen LogP contribution >= 0.6 is 11.8 Å². The van der Waals surface area contributed by atoms with Gasteiger partial charge in [0.15, 0.2) is 0 Å². The first-order valence-corrected chi connectivity index (χ1v) is 8.68. The summed E-state index contributed by atoms with van der Waals surface area (Å²) in [5.41, 5.74) is 5.28. The molecule has 0 unspecified atom stereocenters. The Kier molecular flexibility index (Phi) is 4.39. The molecule has 0 heterocycles. The molecule has 0 saturated carbocycles. The summed E-state index contributed by atoms with van der Waals surface area (Å²) in [4.78, 5) is 12.7. The van der Waals surface area contributed by atoms with Crippen LogP contribution in [0.25, 0.3) is 17.2 Å². The van der Waals surface area contributed by atoms with Gasteiger partial charge in [-0.3, -0.25) is 4.79 Å². The molecule has 0 spiro atoms. The summed E-state index contributed by atoms with van der Waals surface area (Å²) in [6.45, 7) is 3.43. The van der Waals surface area contributed by atoms with E-state index in [1.54, 1.807) is 11.8 Å². The maximum atomic E-state index is 11.5. The molecule has 3 heteroatoms. The van der Waals surface area contributed by atoms with Crippen LogP contribution in [-0.4, -0.2) is 12.2 Å². The number of carbonyl (C=O) groups is 1. The van der Waals surface area contributed by atoms with E-state index in [9.17, 15) is 4.79 Å². The zero-order valence-electron chi connectivity index (χ0n) is 13.4. The van der Waals surface area contributed by atoms with Crippen molar-refractivity contribution in [2.24, 2.45) is 0 Å². The highest BCUT2D eigenvalue weighted by atomic mass is 32.2. The van der Waals surface area contributed by atoms with Crippen molar-refractivity contribution < 1.29 is 9.53 Å². The first kappa shape index (κ1) is 15.6. The first-order chi connectivity index (χ1) is 11.1. The van der Waals surface area contributed by atoms with Crippen molar-refractivity contribution in [2.45, 2.75) is 18.7 Å². The number of carbonyl (C=O) groups excluding carboxylic acids is 1. The lowest BCUT2D eigenvalue weighted by atomic mass is 10.0. The van der Waals surface area contributed by atoms with Crippen LogP contribution in [-0.2, 0) is 9.53 Å². The van der Waals surface area contributed by atoms with Crippen molar-refractivity contribution in [3.05, 3.63) is 71.0 Å². The molecule has 0 bridgehead atoms. The number of benzene rings is 2. The van der Waals surface area contributed by atoms with Crippen LogP contribution in [0.4, 0.5) is 0 Å². The SMILES string of the molecule is CSc1ccc(/C=C2\C(OC(C)=O)=C(C)c3ccccc32)cc1. The van der Waals surface area contributed by atoms with E-state index < -0.39 is 0 Å². The molecule has 0 N–H and O–H groups in total. The molecule has 116 valence electrons. The third-order valence-electron chi connectivity index (χ3n) is 3.88. The van der Waals surface area contributed by atoms with Gasteiger partial charge >= 0.3 is 5.97 Å². The quantitative estimate of drug-likeness (QED) is 0.570. The fourth-order valence-corrected chi connectivity index (χ4v) is 3.19. The van der Waals surface area contributed by atoms with Gasteiger partial charge < -0.3 is 4.74 Å². The molecule has 0 saturated heterocycles. The van der Waals surface area contributed by atoms with Crippen LogP contribution in [0, 0.1) is 0 Å². The van der Waals surface area contributed by atoms with E-state index in [1.165, 1.54) is 11.8 Å². The van der Waals surface area contributed by atoms with Crippen molar-refractivity contribution in [1.82, 2.24) is 0 Å². The molecule has 1 aliphatic rings. The van der Waals surface area contributed by atoms with Gasteiger partial charge in [-0.1, -0.05) is 36.4 Å². The largest absolute Gasteiger partial charge is 0.426 e. The average Bonchev–Trinajstić information content (AvgIpc) is 2.81. The maximum Gasteiger partial charge on any atom is 0.308 e. The molecule has 0 amide bonds. The number of fused-ring (bicyclic) bond motifs is 1. The fourth-order valence-electron chi connectivity index (χ4n) is 2.78. The van der Waals surface area contributed by atoms with Gasteiger partial charge in [-0.2, -0.15) is 0 Å². The van der Waals surface area contributed by atoms with Crippen molar-refractivity contribution in [1.29, 1.82) is 0 Å². The maximum absolute atomic E-state index is 11.5. The molecule has 0 radical (unpaired) electrons. The molecule has 2 aromatic carbocycles. The molecule has 0 aliphatic heterocycles. The van der Waals surface area contributed by atoms with Gasteiger partial charge in [0.2, 0.25) is 0 Å². The number of hydrogen-bond donors (Lipinski definition) is 0. The second-order valence-electron chi connectivity index (χ2n) is 5.42. The lowest BCUT2D eigenvalue weighted by Gasteiger charge is -2.08. The van der Waals surface area contributed by atoms with Gasteiger partial charge in [0.05, 0.1) is 0 Å². The Labute approximate surface area is 140 Å². The lowest BCUT2D eigenvalue weighted by Crippen LogP contribution is -1.99. The van der Waals surface area contributed by atoms with Crippen molar-refractivity contribution in [2.75, 3.05) is 6.26 Å². The Balaban J connectivity index is 2.10. The van der Waals surface area contributed by atoms with Crippen molar-refractivity contribution in [3.63, 3.8) is 0 Å². The smallest absolute Gasteiger partial charge is 0.308 e. The number of rotatable bonds is 3. The highest BCUT2D eigenvalue weighted by Gasteiger charge is 2.26. The molecular weight excluding hydrogens is 304 g/mol. The number of allylic oxidation sites excluding steroid dienone is 2. The van der Waals surface area contributed by atoms with E-state index in [0.717, 1.165) is 27.8 Å². The molecule has 1 aliphatic carbocycles. The second kappa shape index (κ2) is 6.47. The predicted octanol–water partition coefficient (Wildman–Crippen LogP) is 5.26. The third-order valence-corrected chi connectivity index (χ3v) is 4.62. The minimum absolute atomic E-state index is 0.296. The summed E-state index contributed by atoms with van der Waals surface area (Å²) in [6.07, 6.45) is 4.14. The Morgan fingerprint density at radius 3 is 2.30 bits per heavy atom. The minimum Gasteiger partial charge on any atom is -0.426 e. The van der Waals surface area contributed by atoms with E-state index >= 15 is 0 Å². The zero-order valence-corrected chi connectivity index (χ0v) is 14.2. The van der Waals surface area contributed by atoms with Gasteiger partial charge in [-0.25, -0.2) is 0 Å². The van der Waals surface area contributed by atoms with Gasteiger partial charge in [-0.15, -0.1) is 11.8 Å². The van der Waals surface area contributed by atoms with Crippen LogP contribution in [0.15, 0.2) is 59.2 Å². The monoisotopic (exact) mass is 322 g/mol. The highest BCUT2D eigenvalue weighted by molar-refractivity contribution is 7.98. The highest BCUT2D eigenvalue weighted by Crippen LogP contribution is 2.42.